The molecule has 0 bridgehead atoms. The second-order valence-corrected chi connectivity index (χ2v) is 4.89. The molecule has 0 radical (unpaired) electrons. The lowest BCUT2D eigenvalue weighted by atomic mass is 10.2. The van der Waals surface area contributed by atoms with Gasteiger partial charge < -0.3 is 9.15 Å². The Kier molecular flexibility index (Phi) is 4.49. The van der Waals surface area contributed by atoms with E-state index in [2.05, 4.69) is 15.3 Å². The van der Waals surface area contributed by atoms with Gasteiger partial charge in [0.05, 0.1) is 18.9 Å². The molecule has 1 N–H and O–H groups in total. The van der Waals surface area contributed by atoms with Gasteiger partial charge in [-0.05, 0) is 48.6 Å². The Balaban J connectivity index is 1.92. The summed E-state index contributed by atoms with van der Waals surface area (Å²) in [5.74, 6) is 2.02. The van der Waals surface area contributed by atoms with Crippen LogP contribution in [0.3, 0.4) is 0 Å². The second-order valence-electron chi connectivity index (χ2n) is 4.50. The molecule has 116 valence electrons. The fourth-order valence-corrected chi connectivity index (χ4v) is 2.21. The number of para-hydroxylation sites is 1. The van der Waals surface area contributed by atoms with Gasteiger partial charge in [-0.3, -0.25) is 0 Å². The molecule has 23 heavy (non-hydrogen) atoms. The van der Waals surface area contributed by atoms with Crippen LogP contribution in [0.5, 0.6) is 5.75 Å². The number of nitrogens with zero attached hydrogens (tertiary/aromatic N) is 3. The highest BCUT2D eigenvalue weighted by Crippen LogP contribution is 2.27. The lowest BCUT2D eigenvalue weighted by Gasteiger charge is -2.06. The van der Waals surface area contributed by atoms with Crippen molar-refractivity contribution in [3.63, 3.8) is 0 Å². The third kappa shape index (κ3) is 3.29. The average Bonchev–Trinajstić information content (AvgIpc) is 3.22. The van der Waals surface area contributed by atoms with Gasteiger partial charge >= 0.3 is 0 Å². The van der Waals surface area contributed by atoms with Crippen molar-refractivity contribution in [1.82, 2.24) is 14.9 Å². The highest BCUT2D eigenvalue weighted by molar-refractivity contribution is 7.71. The fourth-order valence-electron chi connectivity index (χ4n) is 2.03. The molecule has 2 heterocycles. The minimum Gasteiger partial charge on any atom is -0.496 e. The summed E-state index contributed by atoms with van der Waals surface area (Å²) < 4.78 is 12.5. The van der Waals surface area contributed by atoms with E-state index in [4.69, 9.17) is 21.4 Å². The van der Waals surface area contributed by atoms with E-state index in [1.807, 2.05) is 36.4 Å². The Bertz CT molecular complexity index is 891. The molecule has 0 aliphatic carbocycles. The van der Waals surface area contributed by atoms with Gasteiger partial charge in [0.2, 0.25) is 4.77 Å². The third-order valence-electron chi connectivity index (χ3n) is 3.07. The number of hydrogen-bond acceptors (Lipinski definition) is 5. The molecule has 3 aromatic rings. The van der Waals surface area contributed by atoms with E-state index < -0.39 is 0 Å². The first-order valence-electron chi connectivity index (χ1n) is 6.85. The van der Waals surface area contributed by atoms with Crippen LogP contribution in [0.25, 0.3) is 17.5 Å². The second kappa shape index (κ2) is 6.89. The largest absolute Gasteiger partial charge is 0.496 e. The Hall–Kier alpha value is -2.93. The van der Waals surface area contributed by atoms with Crippen LogP contribution < -0.4 is 4.74 Å². The summed E-state index contributed by atoms with van der Waals surface area (Å²) in [5, 5.41) is 11.3. The van der Waals surface area contributed by atoms with E-state index in [0.29, 0.717) is 16.3 Å². The highest BCUT2D eigenvalue weighted by Gasteiger charge is 2.12. The number of benzene rings is 1. The Morgan fingerprint density at radius 1 is 1.30 bits per heavy atom. The summed E-state index contributed by atoms with van der Waals surface area (Å²) in [5.41, 5.74) is 0.800. The van der Waals surface area contributed by atoms with Crippen molar-refractivity contribution in [1.29, 1.82) is 0 Å². The number of aromatic amines is 1. The molecule has 0 spiro atoms. The predicted molar refractivity (Wildman–Crippen MR) is 91.0 cm³/mol. The normalized spacial score (nSPS) is 11.5. The molecule has 0 aliphatic rings. The van der Waals surface area contributed by atoms with E-state index in [9.17, 15) is 0 Å². The molecule has 0 aliphatic heterocycles. The number of hydrogen-bond donors (Lipinski definition) is 1. The molecular formula is C16H14N4O2S. The van der Waals surface area contributed by atoms with Crippen molar-refractivity contribution in [2.75, 3.05) is 7.11 Å². The van der Waals surface area contributed by atoms with Crippen molar-refractivity contribution in [2.24, 2.45) is 5.10 Å². The van der Waals surface area contributed by atoms with Crippen molar-refractivity contribution in [3.8, 4) is 17.1 Å². The molecule has 2 aromatic heterocycles. The summed E-state index contributed by atoms with van der Waals surface area (Å²) in [7, 11) is 1.61. The number of nitrogens with one attached hydrogen (secondary N) is 1. The van der Waals surface area contributed by atoms with Crippen LogP contribution in [-0.2, 0) is 0 Å². The van der Waals surface area contributed by atoms with Crippen LogP contribution in [0.2, 0.25) is 0 Å². The molecule has 3 rings (SSSR count). The average molecular weight is 326 g/mol. The van der Waals surface area contributed by atoms with Crippen LogP contribution in [0.4, 0.5) is 0 Å². The van der Waals surface area contributed by atoms with E-state index in [-0.39, 0.29) is 0 Å². The standard InChI is InChI=1S/C16H14N4O2S/c1-21-14-9-3-2-8-13(14)15-18-19-16(23)20(15)17-10-4-6-12-7-5-11-22-12/h2-11H,1H3,(H,19,23). The first-order chi connectivity index (χ1) is 11.3. The third-order valence-corrected chi connectivity index (χ3v) is 3.33. The van der Waals surface area contributed by atoms with Crippen molar-refractivity contribution in [2.45, 2.75) is 0 Å². The van der Waals surface area contributed by atoms with Gasteiger partial charge in [0.25, 0.3) is 0 Å². The minimum absolute atomic E-state index is 0.397. The molecular weight excluding hydrogens is 312 g/mol. The molecule has 1 aromatic carbocycles. The quantitative estimate of drug-likeness (QED) is 0.572. The van der Waals surface area contributed by atoms with Gasteiger partial charge in [-0.15, -0.1) is 0 Å². The first-order valence-corrected chi connectivity index (χ1v) is 7.26. The number of allylic oxidation sites excluding steroid dienone is 1. The lowest BCUT2D eigenvalue weighted by Crippen LogP contribution is -1.96. The lowest BCUT2D eigenvalue weighted by molar-refractivity contribution is 0.416. The van der Waals surface area contributed by atoms with Crippen LogP contribution in [-0.4, -0.2) is 28.2 Å². The van der Waals surface area contributed by atoms with E-state index in [1.165, 1.54) is 0 Å². The van der Waals surface area contributed by atoms with Crippen LogP contribution >= 0.6 is 12.2 Å². The smallest absolute Gasteiger partial charge is 0.216 e. The van der Waals surface area contributed by atoms with Crippen molar-refractivity contribution in [3.05, 3.63) is 59.3 Å². The molecule has 0 amide bonds. The van der Waals surface area contributed by atoms with Gasteiger partial charge in [0, 0.05) is 6.21 Å². The van der Waals surface area contributed by atoms with Crippen LogP contribution in [0, 0.1) is 4.77 Å². The van der Waals surface area contributed by atoms with E-state index in [0.717, 1.165) is 11.3 Å². The SMILES string of the molecule is COc1ccccc1-c1n[nH]c(=S)n1N=CC=Cc1ccco1. The van der Waals surface area contributed by atoms with Gasteiger partial charge in [-0.25, -0.2) is 5.10 Å². The summed E-state index contributed by atoms with van der Waals surface area (Å²) in [4.78, 5) is 0. The number of ether oxygens (including phenoxy) is 1. The summed E-state index contributed by atoms with van der Waals surface area (Å²) in [6, 6.07) is 11.2. The van der Waals surface area contributed by atoms with E-state index in [1.54, 1.807) is 36.4 Å². The highest BCUT2D eigenvalue weighted by atomic mass is 32.1. The molecule has 7 heteroatoms. The number of methoxy groups -OCH3 is 1. The zero-order valence-corrected chi connectivity index (χ0v) is 13.2. The Morgan fingerprint density at radius 2 is 2.17 bits per heavy atom. The maximum atomic E-state index is 5.36. The van der Waals surface area contributed by atoms with Gasteiger partial charge in [0.1, 0.15) is 11.5 Å². The van der Waals surface area contributed by atoms with Crippen molar-refractivity contribution < 1.29 is 9.15 Å². The number of furan rings is 1. The van der Waals surface area contributed by atoms with Gasteiger partial charge in [0.15, 0.2) is 5.82 Å². The maximum absolute atomic E-state index is 5.36. The van der Waals surface area contributed by atoms with Gasteiger partial charge in [-0.1, -0.05) is 12.1 Å². The summed E-state index contributed by atoms with van der Waals surface area (Å²) in [6.07, 6.45) is 6.80. The molecule has 0 saturated carbocycles. The zero-order chi connectivity index (χ0) is 16.1. The number of aromatic nitrogens is 3. The van der Waals surface area contributed by atoms with E-state index >= 15 is 0 Å². The molecule has 0 atom stereocenters. The minimum atomic E-state index is 0.397. The summed E-state index contributed by atoms with van der Waals surface area (Å²) in [6.45, 7) is 0. The number of H-pyrrole nitrogens is 1. The first kappa shape index (κ1) is 15.0. The fraction of sp³-hybridized carbons (Fsp3) is 0.0625. The molecule has 0 saturated heterocycles. The Labute approximate surface area is 137 Å². The predicted octanol–water partition coefficient (Wildman–Crippen LogP) is 3.76. The molecule has 0 fully saturated rings. The monoisotopic (exact) mass is 326 g/mol. The zero-order valence-electron chi connectivity index (χ0n) is 12.3. The van der Waals surface area contributed by atoms with Crippen molar-refractivity contribution >= 4 is 24.5 Å². The number of rotatable bonds is 5. The topological polar surface area (TPSA) is 68.3 Å². The van der Waals surface area contributed by atoms with Gasteiger partial charge in [-0.2, -0.15) is 14.9 Å². The van der Waals surface area contributed by atoms with Crippen LogP contribution in [0.15, 0.2) is 58.3 Å². The van der Waals surface area contributed by atoms with Crippen LogP contribution in [0.1, 0.15) is 5.76 Å². The summed E-state index contributed by atoms with van der Waals surface area (Å²) >= 11 is 5.23. The Morgan fingerprint density at radius 3 is 2.96 bits per heavy atom. The molecule has 0 unspecified atom stereocenters. The molecule has 6 nitrogen and oxygen atoms in total. The maximum Gasteiger partial charge on any atom is 0.216 e.